The van der Waals surface area contributed by atoms with Crippen molar-refractivity contribution >= 4 is 46.0 Å². The second-order valence-electron chi connectivity index (χ2n) is 8.77. The van der Waals surface area contributed by atoms with E-state index in [1.54, 1.807) is 50.6 Å². The van der Waals surface area contributed by atoms with Crippen molar-refractivity contribution in [3.63, 3.8) is 0 Å². The number of carbonyl (C=O) groups is 3. The zero-order valence-corrected chi connectivity index (χ0v) is 24.3. The number of halogens is 1. The highest BCUT2D eigenvalue weighted by molar-refractivity contribution is 14.1. The maximum atomic E-state index is 13.9. The third kappa shape index (κ3) is 5.95. The molecule has 3 aromatic rings. The minimum atomic E-state index is -0.961. The lowest BCUT2D eigenvalue weighted by Crippen LogP contribution is -2.46. The second kappa shape index (κ2) is 12.4. The van der Waals surface area contributed by atoms with Crippen LogP contribution in [0.5, 0.6) is 23.0 Å². The van der Waals surface area contributed by atoms with Gasteiger partial charge < -0.3 is 23.8 Å². The first kappa shape index (κ1) is 28.2. The van der Waals surface area contributed by atoms with E-state index in [1.807, 2.05) is 24.3 Å². The summed E-state index contributed by atoms with van der Waals surface area (Å²) in [5.74, 6) is 0.811. The minimum absolute atomic E-state index is 0.115. The van der Waals surface area contributed by atoms with Gasteiger partial charge in [-0.3, -0.25) is 14.4 Å². The summed E-state index contributed by atoms with van der Waals surface area (Å²) in [6, 6.07) is 16.5. The van der Waals surface area contributed by atoms with Crippen LogP contribution in [0.3, 0.4) is 0 Å². The number of hydrogen-bond donors (Lipinski definition) is 0. The molecule has 0 N–H and O–H groups in total. The lowest BCUT2D eigenvalue weighted by molar-refractivity contribution is -0.122. The summed E-state index contributed by atoms with van der Waals surface area (Å²) in [5, 5.41) is 0. The van der Waals surface area contributed by atoms with E-state index in [2.05, 4.69) is 22.6 Å². The molecule has 9 nitrogen and oxygen atoms in total. The second-order valence-corrected chi connectivity index (χ2v) is 10.0. The molecular weight excluding hydrogens is 615 g/mol. The Morgan fingerprint density at radius 2 is 1.44 bits per heavy atom. The molecule has 1 saturated heterocycles. The van der Waals surface area contributed by atoms with Crippen molar-refractivity contribution in [2.45, 2.75) is 18.9 Å². The van der Waals surface area contributed by atoms with Gasteiger partial charge in [-0.25, -0.2) is 4.90 Å². The molecule has 1 heterocycles. The van der Waals surface area contributed by atoms with Gasteiger partial charge in [0, 0.05) is 15.7 Å². The van der Waals surface area contributed by atoms with Crippen LogP contribution in [0.2, 0.25) is 0 Å². The topological polar surface area (TPSA) is 94.6 Å². The molecule has 1 fully saturated rings. The third-order valence-corrected chi connectivity index (χ3v) is 7.28. The van der Waals surface area contributed by atoms with E-state index in [0.29, 0.717) is 40.7 Å². The summed E-state index contributed by atoms with van der Waals surface area (Å²) < 4.78 is 22.4. The summed E-state index contributed by atoms with van der Waals surface area (Å²) in [5.41, 5.74) is 1.67. The fraction of sp³-hybridized carbons (Fsp3) is 0.276. The predicted molar refractivity (Wildman–Crippen MR) is 154 cm³/mol. The van der Waals surface area contributed by atoms with Gasteiger partial charge in [-0.2, -0.15) is 0 Å². The monoisotopic (exact) mass is 644 g/mol. The van der Waals surface area contributed by atoms with Gasteiger partial charge in [-0.1, -0.05) is 6.07 Å². The van der Waals surface area contributed by atoms with Crippen LogP contribution in [0.4, 0.5) is 5.69 Å². The molecule has 0 aliphatic carbocycles. The molecule has 1 aliphatic heterocycles. The average Bonchev–Trinajstić information content (AvgIpc) is 3.25. The number of anilines is 1. The molecule has 4 rings (SSSR count). The van der Waals surface area contributed by atoms with Gasteiger partial charge in [0.1, 0.15) is 6.04 Å². The van der Waals surface area contributed by atoms with Crippen LogP contribution in [0.15, 0.2) is 60.7 Å². The van der Waals surface area contributed by atoms with Crippen LogP contribution >= 0.6 is 22.6 Å². The molecule has 0 spiro atoms. The van der Waals surface area contributed by atoms with E-state index >= 15 is 0 Å². The van der Waals surface area contributed by atoms with Crippen molar-refractivity contribution in [1.82, 2.24) is 4.90 Å². The average molecular weight is 644 g/mol. The van der Waals surface area contributed by atoms with Crippen LogP contribution in [0.25, 0.3) is 0 Å². The highest BCUT2D eigenvalue weighted by Crippen LogP contribution is 2.32. The molecule has 1 aliphatic rings. The van der Waals surface area contributed by atoms with Crippen LogP contribution in [-0.2, 0) is 16.0 Å². The highest BCUT2D eigenvalue weighted by Gasteiger charge is 2.44. The van der Waals surface area contributed by atoms with Crippen molar-refractivity contribution in [2.24, 2.45) is 0 Å². The first-order chi connectivity index (χ1) is 18.8. The Morgan fingerprint density at radius 1 is 0.846 bits per heavy atom. The van der Waals surface area contributed by atoms with Crippen LogP contribution in [0, 0.1) is 3.57 Å². The summed E-state index contributed by atoms with van der Waals surface area (Å²) in [7, 11) is 6.11. The Hall–Kier alpha value is -3.80. The molecule has 3 amide bonds. The van der Waals surface area contributed by atoms with Gasteiger partial charge in [0.25, 0.3) is 11.8 Å². The van der Waals surface area contributed by atoms with E-state index < -0.39 is 17.9 Å². The van der Waals surface area contributed by atoms with Crippen molar-refractivity contribution in [3.05, 3.63) is 75.4 Å². The van der Waals surface area contributed by atoms with Gasteiger partial charge in [0.2, 0.25) is 5.91 Å². The lowest BCUT2D eigenvalue weighted by Gasteiger charge is -2.28. The number of imide groups is 1. The van der Waals surface area contributed by atoms with Gasteiger partial charge >= 0.3 is 0 Å². The van der Waals surface area contributed by atoms with Crippen molar-refractivity contribution in [3.8, 4) is 23.0 Å². The first-order valence-corrected chi connectivity index (χ1v) is 13.2. The molecule has 0 bridgehead atoms. The van der Waals surface area contributed by atoms with Crippen molar-refractivity contribution in [1.29, 1.82) is 0 Å². The number of ether oxygens (including phenoxy) is 4. The molecule has 204 valence electrons. The fourth-order valence-electron chi connectivity index (χ4n) is 4.54. The summed E-state index contributed by atoms with van der Waals surface area (Å²) >= 11 is 2.16. The Balaban J connectivity index is 1.67. The number of hydrogen-bond acceptors (Lipinski definition) is 7. The molecule has 1 atom stereocenters. The number of amides is 3. The number of nitrogens with zero attached hydrogens (tertiary/aromatic N) is 2. The number of carbonyl (C=O) groups excluding carboxylic acids is 3. The summed E-state index contributed by atoms with van der Waals surface area (Å²) in [6.07, 6.45) is 0.302. The van der Waals surface area contributed by atoms with Gasteiger partial charge in [-0.05, 0) is 89.2 Å². The Labute approximate surface area is 240 Å². The first-order valence-electron chi connectivity index (χ1n) is 12.2. The number of benzene rings is 3. The minimum Gasteiger partial charge on any atom is -0.493 e. The Morgan fingerprint density at radius 3 is 2.05 bits per heavy atom. The lowest BCUT2D eigenvalue weighted by atomic mass is 10.1. The largest absolute Gasteiger partial charge is 0.493 e. The SMILES string of the molecule is COc1ccc(CCN(C(=O)c2ccc(OC)c(OC)c2)C2CC(=O)N(c3ccc(I)cc3)C2=O)cc1OC. The Bertz CT molecular complexity index is 1380. The summed E-state index contributed by atoms with van der Waals surface area (Å²) in [6.45, 7) is 0.187. The van der Waals surface area contributed by atoms with E-state index in [1.165, 1.54) is 19.1 Å². The van der Waals surface area contributed by atoms with E-state index in [0.717, 1.165) is 14.0 Å². The molecule has 39 heavy (non-hydrogen) atoms. The van der Waals surface area contributed by atoms with Crippen LogP contribution in [-0.4, -0.2) is 63.6 Å². The predicted octanol–water partition coefficient (Wildman–Crippen LogP) is 4.34. The van der Waals surface area contributed by atoms with E-state index in [-0.39, 0.29) is 18.9 Å². The van der Waals surface area contributed by atoms with E-state index in [4.69, 9.17) is 18.9 Å². The van der Waals surface area contributed by atoms with Crippen molar-refractivity contribution < 1.29 is 33.3 Å². The molecule has 10 heteroatoms. The molecule has 0 aromatic heterocycles. The molecule has 0 saturated carbocycles. The Kier molecular flexibility index (Phi) is 8.95. The van der Waals surface area contributed by atoms with E-state index in [9.17, 15) is 14.4 Å². The normalized spacial score (nSPS) is 14.8. The maximum absolute atomic E-state index is 13.9. The zero-order valence-electron chi connectivity index (χ0n) is 22.1. The molecule has 0 radical (unpaired) electrons. The molecule has 3 aromatic carbocycles. The standard InChI is InChI=1S/C29H29IN2O7/c1-36-23-11-5-18(15-25(23)38-3)13-14-31(28(34)19-6-12-24(37-2)26(16-19)39-4)22-17-27(33)32(29(22)35)21-9-7-20(30)8-10-21/h5-12,15-16,22H,13-14,17H2,1-4H3. The van der Waals surface area contributed by atoms with Gasteiger partial charge in [-0.15, -0.1) is 0 Å². The van der Waals surface area contributed by atoms with Crippen LogP contribution in [0.1, 0.15) is 22.3 Å². The number of methoxy groups -OCH3 is 4. The van der Waals surface area contributed by atoms with Crippen LogP contribution < -0.4 is 23.8 Å². The highest BCUT2D eigenvalue weighted by atomic mass is 127. The summed E-state index contributed by atoms with van der Waals surface area (Å²) in [4.78, 5) is 43.2. The maximum Gasteiger partial charge on any atom is 0.257 e. The molecular formula is C29H29IN2O7. The molecule has 1 unspecified atom stereocenters. The van der Waals surface area contributed by atoms with Crippen molar-refractivity contribution in [2.75, 3.05) is 39.9 Å². The quantitative estimate of drug-likeness (QED) is 0.240. The smallest absolute Gasteiger partial charge is 0.257 e. The fourth-order valence-corrected chi connectivity index (χ4v) is 4.90. The number of rotatable bonds is 10. The van der Waals surface area contributed by atoms with Gasteiger partial charge in [0.05, 0.1) is 40.5 Å². The zero-order chi connectivity index (χ0) is 28.1. The van der Waals surface area contributed by atoms with Gasteiger partial charge in [0.15, 0.2) is 23.0 Å². The third-order valence-electron chi connectivity index (χ3n) is 6.56.